The minimum absolute atomic E-state index is 0.00174. The van der Waals surface area contributed by atoms with Crippen molar-refractivity contribution in [2.45, 2.75) is 19.9 Å². The quantitative estimate of drug-likeness (QED) is 0.910. The normalized spacial score (nSPS) is 17.8. The third-order valence-corrected chi connectivity index (χ3v) is 4.45. The molecule has 23 heavy (non-hydrogen) atoms. The first-order chi connectivity index (χ1) is 10.8. The Morgan fingerprint density at radius 3 is 2.26 bits per heavy atom. The number of rotatable bonds is 3. The van der Waals surface area contributed by atoms with Crippen LogP contribution >= 0.6 is 11.6 Å². The molecule has 0 saturated carbocycles. The van der Waals surface area contributed by atoms with Crippen LogP contribution in [0.5, 0.6) is 0 Å². The van der Waals surface area contributed by atoms with Crippen molar-refractivity contribution in [1.29, 1.82) is 0 Å². The molecular formula is C16H21ClFN3O2. The van der Waals surface area contributed by atoms with E-state index < -0.39 is 5.82 Å². The number of nitrogens with zero attached hydrogens (tertiary/aromatic N) is 2. The summed E-state index contributed by atoms with van der Waals surface area (Å²) in [4.78, 5) is 27.9. The van der Waals surface area contributed by atoms with E-state index in [9.17, 15) is 14.0 Å². The maximum absolute atomic E-state index is 13.8. The lowest BCUT2D eigenvalue weighted by Crippen LogP contribution is -2.53. The fourth-order valence-corrected chi connectivity index (χ4v) is 2.63. The molecule has 7 heteroatoms. The molecule has 1 aromatic rings. The molecule has 0 bridgehead atoms. The van der Waals surface area contributed by atoms with E-state index in [0.717, 1.165) is 6.07 Å². The molecule has 126 valence electrons. The Morgan fingerprint density at radius 1 is 1.17 bits per heavy atom. The van der Waals surface area contributed by atoms with E-state index in [0.29, 0.717) is 26.2 Å². The predicted octanol–water partition coefficient (Wildman–Crippen LogP) is 1.75. The summed E-state index contributed by atoms with van der Waals surface area (Å²) in [6, 6.07) is 3.78. The van der Waals surface area contributed by atoms with E-state index in [1.165, 1.54) is 12.1 Å². The van der Waals surface area contributed by atoms with Crippen molar-refractivity contribution in [1.82, 2.24) is 9.80 Å². The smallest absolute Gasteiger partial charge is 0.256 e. The second-order valence-electron chi connectivity index (χ2n) is 5.89. The van der Waals surface area contributed by atoms with E-state index in [1.54, 1.807) is 23.6 Å². The second-order valence-corrected chi connectivity index (χ2v) is 6.33. The largest absolute Gasteiger partial charge is 0.339 e. The van der Waals surface area contributed by atoms with Gasteiger partial charge < -0.3 is 15.5 Å². The summed E-state index contributed by atoms with van der Waals surface area (Å²) in [7, 11) is 0. The average Bonchev–Trinajstić information content (AvgIpc) is 2.53. The highest BCUT2D eigenvalue weighted by atomic mass is 35.5. The molecule has 2 unspecified atom stereocenters. The van der Waals surface area contributed by atoms with Gasteiger partial charge in [-0.05, 0) is 25.1 Å². The maximum atomic E-state index is 13.8. The molecule has 1 fully saturated rings. The zero-order chi connectivity index (χ0) is 17.1. The Hall–Kier alpha value is -1.66. The summed E-state index contributed by atoms with van der Waals surface area (Å²) in [5, 5.41) is 0.249. The van der Waals surface area contributed by atoms with E-state index in [-0.39, 0.29) is 34.4 Å². The van der Waals surface area contributed by atoms with Crippen molar-refractivity contribution in [3.63, 3.8) is 0 Å². The summed E-state index contributed by atoms with van der Waals surface area (Å²) in [5.41, 5.74) is 5.76. The van der Waals surface area contributed by atoms with E-state index in [2.05, 4.69) is 0 Å². The number of carbonyl (C=O) groups excluding carboxylic acids is 2. The zero-order valence-electron chi connectivity index (χ0n) is 13.3. The van der Waals surface area contributed by atoms with Crippen LogP contribution in [-0.4, -0.2) is 53.8 Å². The van der Waals surface area contributed by atoms with E-state index >= 15 is 0 Å². The highest BCUT2D eigenvalue weighted by Crippen LogP contribution is 2.18. The fraction of sp³-hybridized carbons (Fsp3) is 0.500. The number of hydrogen-bond acceptors (Lipinski definition) is 3. The number of amides is 2. The Bertz CT molecular complexity index is 601. The van der Waals surface area contributed by atoms with Gasteiger partial charge in [-0.25, -0.2) is 4.39 Å². The molecule has 2 rings (SSSR count). The van der Waals surface area contributed by atoms with Gasteiger partial charge in [0.25, 0.3) is 5.91 Å². The van der Waals surface area contributed by atoms with Crippen LogP contribution < -0.4 is 5.73 Å². The number of carbonyl (C=O) groups is 2. The molecule has 2 atom stereocenters. The van der Waals surface area contributed by atoms with Crippen LogP contribution in [0.25, 0.3) is 0 Å². The lowest BCUT2D eigenvalue weighted by Gasteiger charge is -2.36. The highest BCUT2D eigenvalue weighted by Gasteiger charge is 2.29. The van der Waals surface area contributed by atoms with Crippen LogP contribution in [0, 0.1) is 11.7 Å². The van der Waals surface area contributed by atoms with Gasteiger partial charge in [-0.3, -0.25) is 9.59 Å². The molecule has 1 heterocycles. The van der Waals surface area contributed by atoms with Crippen LogP contribution in [0.15, 0.2) is 18.2 Å². The molecule has 2 amide bonds. The number of nitrogens with two attached hydrogens (primary N) is 1. The van der Waals surface area contributed by atoms with Gasteiger partial charge in [0, 0.05) is 37.2 Å². The van der Waals surface area contributed by atoms with E-state index in [4.69, 9.17) is 17.3 Å². The Kier molecular flexibility index (Phi) is 5.59. The third-order valence-electron chi connectivity index (χ3n) is 4.22. The maximum Gasteiger partial charge on any atom is 0.256 e. The summed E-state index contributed by atoms with van der Waals surface area (Å²) >= 11 is 5.70. The Labute approximate surface area is 140 Å². The number of halogens is 2. The van der Waals surface area contributed by atoms with Crippen molar-refractivity contribution in [2.24, 2.45) is 11.7 Å². The summed E-state index contributed by atoms with van der Waals surface area (Å²) in [6.07, 6.45) is 0. The van der Waals surface area contributed by atoms with Crippen molar-refractivity contribution in [3.8, 4) is 0 Å². The first-order valence-corrected chi connectivity index (χ1v) is 7.97. The summed E-state index contributed by atoms with van der Waals surface area (Å²) < 4.78 is 13.8. The zero-order valence-corrected chi connectivity index (χ0v) is 14.0. The SMILES string of the molecule is CC(N)C(C)C(=O)N1CCN(C(=O)c2ccc(Cl)cc2F)CC1. The van der Waals surface area contributed by atoms with E-state index in [1.807, 2.05) is 0 Å². The van der Waals surface area contributed by atoms with Gasteiger partial charge >= 0.3 is 0 Å². The van der Waals surface area contributed by atoms with Gasteiger partial charge in [0.1, 0.15) is 5.82 Å². The average molecular weight is 342 g/mol. The monoisotopic (exact) mass is 341 g/mol. The molecule has 0 spiro atoms. The molecule has 5 nitrogen and oxygen atoms in total. The minimum Gasteiger partial charge on any atom is -0.339 e. The Morgan fingerprint density at radius 2 is 1.74 bits per heavy atom. The summed E-state index contributed by atoms with van der Waals surface area (Å²) in [6.45, 7) is 5.20. The standard InChI is InChI=1S/C16H21ClFN3O2/c1-10(11(2)19)15(22)20-5-7-21(8-6-20)16(23)13-4-3-12(17)9-14(13)18/h3-4,9-11H,5-8,19H2,1-2H3. The number of piperazine rings is 1. The van der Waals surface area contributed by atoms with Gasteiger partial charge in [0.15, 0.2) is 0 Å². The lowest BCUT2D eigenvalue weighted by molar-refractivity contribution is -0.137. The molecule has 1 saturated heterocycles. The van der Waals surface area contributed by atoms with Crippen molar-refractivity contribution >= 4 is 23.4 Å². The molecule has 0 aliphatic carbocycles. The minimum atomic E-state index is -0.633. The van der Waals surface area contributed by atoms with Gasteiger partial charge in [-0.1, -0.05) is 18.5 Å². The van der Waals surface area contributed by atoms with Gasteiger partial charge in [0.2, 0.25) is 5.91 Å². The number of benzene rings is 1. The van der Waals surface area contributed by atoms with Crippen LogP contribution in [0.3, 0.4) is 0 Å². The third kappa shape index (κ3) is 4.00. The number of hydrogen-bond donors (Lipinski definition) is 1. The molecule has 0 aromatic heterocycles. The Balaban J connectivity index is 1.99. The molecule has 2 N–H and O–H groups in total. The fourth-order valence-electron chi connectivity index (χ4n) is 2.48. The predicted molar refractivity (Wildman–Crippen MR) is 86.7 cm³/mol. The van der Waals surface area contributed by atoms with Crippen molar-refractivity contribution in [2.75, 3.05) is 26.2 Å². The van der Waals surface area contributed by atoms with Crippen LogP contribution in [0.1, 0.15) is 24.2 Å². The van der Waals surface area contributed by atoms with Gasteiger partial charge in [-0.2, -0.15) is 0 Å². The first-order valence-electron chi connectivity index (χ1n) is 7.60. The van der Waals surface area contributed by atoms with Gasteiger partial charge in [-0.15, -0.1) is 0 Å². The van der Waals surface area contributed by atoms with Crippen LogP contribution in [0.2, 0.25) is 5.02 Å². The van der Waals surface area contributed by atoms with Crippen molar-refractivity contribution < 1.29 is 14.0 Å². The molecule has 0 radical (unpaired) electrons. The van der Waals surface area contributed by atoms with Crippen LogP contribution in [-0.2, 0) is 4.79 Å². The molecule has 1 aliphatic rings. The molecule has 1 aliphatic heterocycles. The first kappa shape index (κ1) is 17.7. The lowest BCUT2D eigenvalue weighted by atomic mass is 10.0. The highest BCUT2D eigenvalue weighted by molar-refractivity contribution is 6.30. The van der Waals surface area contributed by atoms with Crippen molar-refractivity contribution in [3.05, 3.63) is 34.6 Å². The topological polar surface area (TPSA) is 66.6 Å². The van der Waals surface area contributed by atoms with Gasteiger partial charge in [0.05, 0.1) is 11.5 Å². The molecular weight excluding hydrogens is 321 g/mol. The summed E-state index contributed by atoms with van der Waals surface area (Å²) in [5.74, 6) is -1.28. The second kappa shape index (κ2) is 7.27. The molecule has 1 aromatic carbocycles. The van der Waals surface area contributed by atoms with Crippen LogP contribution in [0.4, 0.5) is 4.39 Å².